The number of ether oxygens (including phenoxy) is 1. The molecule has 2 rings (SSSR count). The van der Waals surface area contributed by atoms with Gasteiger partial charge < -0.3 is 15.0 Å². The Morgan fingerprint density at radius 1 is 1.26 bits per heavy atom. The molecule has 106 valence electrons. The molecule has 19 heavy (non-hydrogen) atoms. The van der Waals surface area contributed by atoms with Gasteiger partial charge in [-0.2, -0.15) is 0 Å². The lowest BCUT2D eigenvalue weighted by Crippen LogP contribution is -2.21. The molecule has 1 aromatic rings. The van der Waals surface area contributed by atoms with E-state index < -0.39 is 0 Å². The van der Waals surface area contributed by atoms with E-state index in [-0.39, 0.29) is 5.82 Å². The average Bonchev–Trinajstić information content (AvgIpc) is 2.87. The summed E-state index contributed by atoms with van der Waals surface area (Å²) in [6, 6.07) is 4.89. The summed E-state index contributed by atoms with van der Waals surface area (Å²) >= 11 is 0. The summed E-state index contributed by atoms with van der Waals surface area (Å²) < 4.78 is 19.0. The Kier molecular flexibility index (Phi) is 5.61. The molecular weight excluding hydrogens is 243 g/mol. The van der Waals surface area contributed by atoms with Crippen LogP contribution in [-0.4, -0.2) is 38.2 Å². The highest BCUT2D eigenvalue weighted by molar-refractivity contribution is 5.29. The molecule has 1 fully saturated rings. The van der Waals surface area contributed by atoms with E-state index in [4.69, 9.17) is 4.74 Å². The standard InChI is InChI=1S/C15H23FN2O/c1-17-12-13-9-14(16)11-15(10-13)19-8-4-7-18-5-2-3-6-18/h9-11,17H,2-8,12H2,1H3. The molecule has 1 aliphatic heterocycles. The van der Waals surface area contributed by atoms with Crippen LogP contribution in [0.1, 0.15) is 24.8 Å². The highest BCUT2D eigenvalue weighted by Crippen LogP contribution is 2.17. The molecule has 0 bridgehead atoms. The zero-order valence-corrected chi connectivity index (χ0v) is 11.6. The topological polar surface area (TPSA) is 24.5 Å². The fraction of sp³-hybridized carbons (Fsp3) is 0.600. The number of hydrogen-bond acceptors (Lipinski definition) is 3. The van der Waals surface area contributed by atoms with E-state index in [9.17, 15) is 4.39 Å². The molecule has 0 aromatic heterocycles. The number of likely N-dealkylation sites (tertiary alicyclic amines) is 1. The Morgan fingerprint density at radius 2 is 2.05 bits per heavy atom. The van der Waals surface area contributed by atoms with Crippen molar-refractivity contribution in [2.75, 3.05) is 33.3 Å². The quantitative estimate of drug-likeness (QED) is 0.767. The molecule has 3 nitrogen and oxygen atoms in total. The summed E-state index contributed by atoms with van der Waals surface area (Å²) in [5.41, 5.74) is 0.914. The maximum Gasteiger partial charge on any atom is 0.127 e. The predicted octanol–water partition coefficient (Wildman–Crippen LogP) is 2.41. The van der Waals surface area contributed by atoms with Gasteiger partial charge in [-0.15, -0.1) is 0 Å². The second-order valence-corrected chi connectivity index (χ2v) is 5.08. The van der Waals surface area contributed by atoms with Crippen molar-refractivity contribution >= 4 is 0 Å². The average molecular weight is 266 g/mol. The van der Waals surface area contributed by atoms with Crippen LogP contribution in [0.15, 0.2) is 18.2 Å². The third kappa shape index (κ3) is 4.80. The van der Waals surface area contributed by atoms with Crippen molar-refractivity contribution < 1.29 is 9.13 Å². The number of rotatable bonds is 7. The Balaban J connectivity index is 1.75. The van der Waals surface area contributed by atoms with E-state index in [0.717, 1.165) is 18.5 Å². The van der Waals surface area contributed by atoms with Gasteiger partial charge in [-0.25, -0.2) is 4.39 Å². The lowest BCUT2D eigenvalue weighted by molar-refractivity contribution is 0.262. The van der Waals surface area contributed by atoms with Gasteiger partial charge in [0.2, 0.25) is 0 Å². The number of benzene rings is 1. The Morgan fingerprint density at radius 3 is 2.79 bits per heavy atom. The summed E-state index contributed by atoms with van der Waals surface area (Å²) in [4.78, 5) is 2.46. The van der Waals surface area contributed by atoms with Crippen LogP contribution in [-0.2, 0) is 6.54 Å². The third-order valence-corrected chi connectivity index (χ3v) is 3.40. The van der Waals surface area contributed by atoms with Crippen LogP contribution in [0.3, 0.4) is 0 Å². The molecule has 1 aromatic carbocycles. The van der Waals surface area contributed by atoms with Crippen molar-refractivity contribution in [1.82, 2.24) is 10.2 Å². The van der Waals surface area contributed by atoms with Crippen molar-refractivity contribution in [2.24, 2.45) is 0 Å². The monoisotopic (exact) mass is 266 g/mol. The molecular formula is C15H23FN2O. The number of halogens is 1. The van der Waals surface area contributed by atoms with E-state index in [0.29, 0.717) is 18.9 Å². The Bertz CT molecular complexity index is 392. The number of hydrogen-bond donors (Lipinski definition) is 1. The number of nitrogens with one attached hydrogen (secondary N) is 1. The summed E-state index contributed by atoms with van der Waals surface area (Å²) in [6.45, 7) is 4.82. The summed E-state index contributed by atoms with van der Waals surface area (Å²) in [6.07, 6.45) is 3.63. The summed E-state index contributed by atoms with van der Waals surface area (Å²) in [5, 5.41) is 3.01. The molecule has 0 saturated carbocycles. The van der Waals surface area contributed by atoms with Crippen molar-refractivity contribution in [3.8, 4) is 5.75 Å². The van der Waals surface area contributed by atoms with Gasteiger partial charge in [0.1, 0.15) is 11.6 Å². The predicted molar refractivity (Wildman–Crippen MR) is 74.9 cm³/mol. The van der Waals surface area contributed by atoms with Crippen molar-refractivity contribution in [3.05, 3.63) is 29.6 Å². The minimum Gasteiger partial charge on any atom is -0.493 e. The highest BCUT2D eigenvalue weighted by Gasteiger charge is 2.10. The molecule has 4 heteroatoms. The first-order valence-electron chi connectivity index (χ1n) is 7.07. The molecule has 1 N–H and O–H groups in total. The highest BCUT2D eigenvalue weighted by atomic mass is 19.1. The first kappa shape index (κ1) is 14.3. The zero-order valence-electron chi connectivity index (χ0n) is 11.6. The first-order chi connectivity index (χ1) is 9.28. The SMILES string of the molecule is CNCc1cc(F)cc(OCCCN2CCCC2)c1. The van der Waals surface area contributed by atoms with Crippen molar-refractivity contribution in [2.45, 2.75) is 25.8 Å². The molecule has 0 radical (unpaired) electrons. The van der Waals surface area contributed by atoms with E-state index in [1.54, 1.807) is 0 Å². The van der Waals surface area contributed by atoms with Crippen LogP contribution in [0, 0.1) is 5.82 Å². The second kappa shape index (κ2) is 7.46. The van der Waals surface area contributed by atoms with Gasteiger partial charge in [0.15, 0.2) is 0 Å². The minimum absolute atomic E-state index is 0.234. The maximum atomic E-state index is 13.4. The molecule has 0 spiro atoms. The largest absolute Gasteiger partial charge is 0.493 e. The first-order valence-corrected chi connectivity index (χ1v) is 7.07. The molecule has 0 atom stereocenters. The molecule has 0 unspecified atom stereocenters. The maximum absolute atomic E-state index is 13.4. The van der Waals surface area contributed by atoms with Crippen LogP contribution in [0.25, 0.3) is 0 Å². The molecule has 1 saturated heterocycles. The van der Waals surface area contributed by atoms with Crippen LogP contribution in [0.4, 0.5) is 4.39 Å². The van der Waals surface area contributed by atoms with Crippen LogP contribution in [0.5, 0.6) is 5.75 Å². The number of nitrogens with zero attached hydrogens (tertiary/aromatic N) is 1. The Hall–Kier alpha value is -1.13. The fourth-order valence-electron chi connectivity index (χ4n) is 2.49. The molecule has 1 heterocycles. The lowest BCUT2D eigenvalue weighted by Gasteiger charge is -2.14. The van der Waals surface area contributed by atoms with Gasteiger partial charge in [-0.1, -0.05) is 0 Å². The molecule has 0 amide bonds. The lowest BCUT2D eigenvalue weighted by atomic mass is 10.2. The van der Waals surface area contributed by atoms with E-state index >= 15 is 0 Å². The fourth-order valence-corrected chi connectivity index (χ4v) is 2.49. The Labute approximate surface area is 114 Å². The van der Waals surface area contributed by atoms with Gasteiger partial charge in [-0.05, 0) is 57.1 Å². The van der Waals surface area contributed by atoms with Crippen LogP contribution >= 0.6 is 0 Å². The minimum atomic E-state index is -0.234. The van der Waals surface area contributed by atoms with Crippen molar-refractivity contribution in [1.29, 1.82) is 0 Å². The summed E-state index contributed by atoms with van der Waals surface area (Å²) in [5.74, 6) is 0.397. The molecule has 1 aliphatic rings. The van der Waals surface area contributed by atoms with Crippen molar-refractivity contribution in [3.63, 3.8) is 0 Å². The normalized spacial score (nSPS) is 15.9. The smallest absolute Gasteiger partial charge is 0.127 e. The van der Waals surface area contributed by atoms with E-state index in [1.165, 1.54) is 38.1 Å². The molecule has 0 aliphatic carbocycles. The van der Waals surface area contributed by atoms with Gasteiger partial charge >= 0.3 is 0 Å². The zero-order chi connectivity index (χ0) is 13.5. The van der Waals surface area contributed by atoms with E-state index in [1.807, 2.05) is 13.1 Å². The van der Waals surface area contributed by atoms with Gasteiger partial charge in [-0.3, -0.25) is 0 Å². The summed E-state index contributed by atoms with van der Waals surface area (Å²) in [7, 11) is 1.85. The van der Waals surface area contributed by atoms with Gasteiger partial charge in [0.25, 0.3) is 0 Å². The second-order valence-electron chi connectivity index (χ2n) is 5.08. The van der Waals surface area contributed by atoms with Gasteiger partial charge in [0.05, 0.1) is 6.61 Å². The van der Waals surface area contributed by atoms with Gasteiger partial charge in [0, 0.05) is 19.2 Å². The van der Waals surface area contributed by atoms with Crippen LogP contribution in [0.2, 0.25) is 0 Å². The van der Waals surface area contributed by atoms with E-state index in [2.05, 4.69) is 10.2 Å². The van der Waals surface area contributed by atoms with Crippen LogP contribution < -0.4 is 10.1 Å². The third-order valence-electron chi connectivity index (χ3n) is 3.40.